The molecule has 0 saturated carbocycles. The molecule has 9 N–H and O–H groups in total. The molecule has 31 nitrogen and oxygen atoms in total. The number of anilines is 2. The van der Waals surface area contributed by atoms with Gasteiger partial charge in [-0.05, 0) is 79.8 Å². The first-order valence-corrected chi connectivity index (χ1v) is 33.3. The molecule has 3 aromatic heterocycles. The predicted octanol–water partition coefficient (Wildman–Crippen LogP) is 6.57. The number of thioether (sulfide) groups is 1. The minimum atomic E-state index is -4.71. The first-order valence-electron chi connectivity index (χ1n) is 25.8. The number of aliphatic carboxylic acids is 1. The van der Waals surface area contributed by atoms with Gasteiger partial charge in [-0.25, -0.2) is 54.7 Å². The van der Waals surface area contributed by atoms with Crippen molar-refractivity contribution in [2.45, 2.75) is 92.2 Å². The van der Waals surface area contributed by atoms with Crippen LogP contribution in [0.4, 0.5) is 62.3 Å². The molecule has 0 fully saturated rings. The number of carboxylic acids is 2. The summed E-state index contributed by atoms with van der Waals surface area (Å²) in [5.74, 6) is -6.57. The number of nitrogens with one attached hydrogen (secondary N) is 4. The van der Waals surface area contributed by atoms with Gasteiger partial charge in [-0.15, -0.1) is 11.8 Å². The maximum Gasteiger partial charge on any atom is 0.389 e. The van der Waals surface area contributed by atoms with Crippen LogP contribution < -0.4 is 49.7 Å². The van der Waals surface area contributed by atoms with Crippen molar-refractivity contribution in [3.8, 4) is 17.8 Å². The van der Waals surface area contributed by atoms with Gasteiger partial charge in [-0.3, -0.25) is 34.3 Å². The van der Waals surface area contributed by atoms with Crippen molar-refractivity contribution in [3.05, 3.63) is 109 Å². The lowest BCUT2D eigenvalue weighted by molar-refractivity contribution is -0.139. The van der Waals surface area contributed by atoms with Crippen molar-refractivity contribution >= 4 is 110 Å². The van der Waals surface area contributed by atoms with Crippen molar-refractivity contribution in [2.24, 2.45) is 10.7 Å². The molecule has 94 heavy (non-hydrogen) atoms. The molecule has 0 radical (unpaired) electrons. The Morgan fingerprint density at radius 1 is 0.830 bits per heavy atom. The molecule has 3 aromatic carbocycles. The summed E-state index contributed by atoms with van der Waals surface area (Å²) in [6.45, 7) is -2.81. The number of alkyl halides is 7. The molecule has 2 atom stereocenters. The summed E-state index contributed by atoms with van der Waals surface area (Å²) in [7, 11) is -9.66. The molecule has 45 heteroatoms. The largest absolute Gasteiger partial charge is 0.480 e. The van der Waals surface area contributed by atoms with Crippen LogP contribution in [0, 0.1) is 12.7 Å². The van der Waals surface area contributed by atoms with Crippen LogP contribution in [0.2, 0.25) is 5.02 Å². The van der Waals surface area contributed by atoms with E-state index in [9.17, 15) is 85.3 Å². The minimum absolute atomic E-state index is 0.0412. The molecule has 6 aromatic rings. The molecule has 0 aliphatic carbocycles. The third kappa shape index (κ3) is 26.1. The van der Waals surface area contributed by atoms with Gasteiger partial charge in [-0.2, -0.15) is 55.7 Å². The van der Waals surface area contributed by atoms with Crippen LogP contribution in [0.25, 0.3) is 0 Å². The number of ether oxygens (including phenoxy) is 4. The van der Waals surface area contributed by atoms with Gasteiger partial charge in [0, 0.05) is 37.2 Å². The normalized spacial score (nSPS) is 13.1. The number of amides is 4. The zero-order valence-electron chi connectivity index (χ0n) is 48.5. The second-order valence-corrected chi connectivity index (χ2v) is 26.5. The average Bonchev–Trinajstić information content (AvgIpc) is 1.76. The van der Waals surface area contributed by atoms with Crippen LogP contribution >= 0.6 is 42.1 Å². The molecule has 514 valence electrons. The van der Waals surface area contributed by atoms with Crippen LogP contribution in [-0.4, -0.2) is 154 Å². The number of nitrogens with two attached hydrogens (primary N) is 1. The zero-order valence-corrected chi connectivity index (χ0v) is 53.5. The Hall–Kier alpha value is -8.61. The quantitative estimate of drug-likeness (QED) is 0.0154. The van der Waals surface area contributed by atoms with E-state index in [0.717, 1.165) is 60.2 Å². The van der Waals surface area contributed by atoms with Gasteiger partial charge in [0.15, 0.2) is 7.37 Å². The number of carboxylic acid groups (broad SMARTS) is 2. The number of methoxy groups -OCH3 is 2. The Morgan fingerprint density at radius 2 is 1.37 bits per heavy atom. The summed E-state index contributed by atoms with van der Waals surface area (Å²) in [4.78, 5) is 99.2. The van der Waals surface area contributed by atoms with E-state index in [1.165, 1.54) is 68.9 Å². The molecular weight excluding hydrogens is 1410 g/mol. The minimum Gasteiger partial charge on any atom is -0.480 e. The lowest BCUT2D eigenvalue weighted by atomic mass is 10.1. The van der Waals surface area contributed by atoms with Crippen molar-refractivity contribution < 1.29 is 115 Å². The number of halogens is 9. The number of sulfonamides is 2. The van der Waals surface area contributed by atoms with Gasteiger partial charge in [0.2, 0.25) is 28.5 Å². The number of esters is 1. The summed E-state index contributed by atoms with van der Waals surface area (Å²) in [6.07, 6.45) is -4.30. The van der Waals surface area contributed by atoms with Crippen LogP contribution in [-0.2, 0) is 58.4 Å². The first-order chi connectivity index (χ1) is 43.8. The van der Waals surface area contributed by atoms with Gasteiger partial charge in [0.1, 0.15) is 28.3 Å². The van der Waals surface area contributed by atoms with Crippen LogP contribution in [0.15, 0.2) is 91.2 Å². The smallest absolute Gasteiger partial charge is 0.389 e. The van der Waals surface area contributed by atoms with E-state index in [0.29, 0.717) is 28.9 Å². The number of fused-ring (bicyclic) bond motifs is 1. The molecule has 0 saturated heterocycles. The Balaban J connectivity index is 0.000000278. The highest BCUT2D eigenvalue weighted by atomic mass is 35.5. The maximum atomic E-state index is 14.3. The highest BCUT2D eigenvalue weighted by Gasteiger charge is 2.30. The molecule has 4 amide bonds. The van der Waals surface area contributed by atoms with Gasteiger partial charge < -0.3 is 39.8 Å². The molecule has 7 rings (SSSR count). The molecule has 2 unspecified atom stereocenters. The number of aromatic carboxylic acids is 1. The van der Waals surface area contributed by atoms with E-state index in [-0.39, 0.29) is 57.3 Å². The number of hydrogen-bond acceptors (Lipinski definition) is 24. The SMILES string of the molecule is COC(=O)CSc1cc(N=c2sc(=O)n3n2CCCC3)c(F)cc1Cl.COc1nc(C)nc(NC(=O)NS(=O)(=O)c2ccccc2CCC(F)(F)F)n1.CP(=O)(O)CCC(N)C(=O)O.O=C(Nc1nc(OC(F)F)cc(OC(F)F)n1)NS(=O)(=O)c1ccccc1C(=O)O. The molecule has 0 spiro atoms. The second kappa shape index (κ2) is 35.1. The fraction of sp³-hybridized carbons (Fsp3) is 0.347. The van der Waals surface area contributed by atoms with Gasteiger partial charge in [-0.1, -0.05) is 41.9 Å². The number of aromatic nitrogens is 7. The number of rotatable bonds is 22. The summed E-state index contributed by atoms with van der Waals surface area (Å²) >= 11 is 8.17. The van der Waals surface area contributed by atoms with Gasteiger partial charge in [0.25, 0.3) is 20.0 Å². The topological polar surface area (TPSA) is 446 Å². The van der Waals surface area contributed by atoms with E-state index in [2.05, 4.69) is 49.4 Å². The highest BCUT2D eigenvalue weighted by Crippen LogP contribution is 2.36. The van der Waals surface area contributed by atoms with E-state index >= 15 is 0 Å². The number of carbonyl (C=O) groups excluding carboxylic acids is 3. The van der Waals surface area contributed by atoms with Crippen molar-refractivity contribution in [2.75, 3.05) is 43.4 Å². The Morgan fingerprint density at radius 3 is 1.90 bits per heavy atom. The lowest BCUT2D eigenvalue weighted by Crippen LogP contribution is -2.35. The van der Waals surface area contributed by atoms with Gasteiger partial charge >= 0.3 is 60.3 Å². The highest BCUT2D eigenvalue weighted by molar-refractivity contribution is 8.00. The van der Waals surface area contributed by atoms with E-state index in [4.69, 9.17) is 37.2 Å². The third-order valence-corrected chi connectivity index (χ3v) is 17.3. The Kier molecular flexibility index (Phi) is 29.0. The number of urea groups is 2. The van der Waals surface area contributed by atoms with E-state index < -0.39 is 135 Å². The summed E-state index contributed by atoms with van der Waals surface area (Å²) in [5.41, 5.74) is 4.46. The zero-order chi connectivity index (χ0) is 70.5. The third-order valence-electron chi connectivity index (χ3n) is 11.1. The number of benzene rings is 3. The monoisotopic (exact) mass is 1460 g/mol. The summed E-state index contributed by atoms with van der Waals surface area (Å²) < 4.78 is 185. The number of carbonyl (C=O) groups is 5. The van der Waals surface area contributed by atoms with Crippen LogP contribution in [0.3, 0.4) is 0 Å². The predicted molar refractivity (Wildman–Crippen MR) is 315 cm³/mol. The van der Waals surface area contributed by atoms with Crippen molar-refractivity contribution in [1.29, 1.82) is 0 Å². The average molecular weight is 1460 g/mol. The summed E-state index contributed by atoms with van der Waals surface area (Å²) in [5, 5.41) is 21.3. The van der Waals surface area contributed by atoms with E-state index in [1.807, 2.05) is 0 Å². The maximum absolute atomic E-state index is 14.3. The van der Waals surface area contributed by atoms with Gasteiger partial charge in [0.05, 0.1) is 41.5 Å². The van der Waals surface area contributed by atoms with Crippen molar-refractivity contribution in [3.63, 3.8) is 0 Å². The molecule has 0 bridgehead atoms. The standard InChI is InChI=1S/C15H15ClFN3O3S2.C15H16F3N5O4S.C14H10F4N4O7S.C5H12NO4P/c1-23-13(21)8-24-12-7-11(10(17)6-9(12)16)18-14-19-4-2-3-5-20(19)15(22)25-14;1-9-19-12(22-14(20-9)27-2)21-13(24)23-28(25,26)11-6-4-3-5-10(11)7-8-15(16,17)18;15-11(16)28-8-5-9(29-12(17)18)20-13(19-8)21-14(25)22-30(26,27)7-4-2-1-3-6(7)10(23)24;1-11(9,10)3-2-4(6)5(7)8/h6-7H,2-5,8H2,1H3;3-6H,7-8H2,1-2H3,(H2,19,20,21,22,23,24);1-5,11-12H,(H,23,24)(H2,19,20,21,22,25);4H,2-3,6H2,1H3,(H,7,8)(H,9,10). The number of aryl methyl sites for hydroxylation is 2. The van der Waals surface area contributed by atoms with E-state index in [1.54, 1.807) is 19.4 Å². The molecule has 4 heterocycles. The fourth-order valence-electron chi connectivity index (χ4n) is 7.04. The molecule has 1 aliphatic rings. The number of hydrogen-bond donors (Lipinski definition) is 8. The Labute approximate surface area is 538 Å². The fourth-order valence-corrected chi connectivity index (χ4v) is 12.1. The lowest BCUT2D eigenvalue weighted by Gasteiger charge is -2.15. The summed E-state index contributed by atoms with van der Waals surface area (Å²) in [6, 6.07) is 8.65. The Bertz CT molecular complexity index is 4090. The van der Waals surface area contributed by atoms with Crippen LogP contribution in [0.5, 0.6) is 17.8 Å². The second-order valence-electron chi connectivity index (χ2n) is 18.3. The first kappa shape index (κ1) is 77.8. The molecule has 1 aliphatic heterocycles. The van der Waals surface area contributed by atoms with Crippen molar-refractivity contribution in [1.82, 2.24) is 43.7 Å². The number of nitrogens with zero attached hydrogens (tertiary/aromatic N) is 8. The van der Waals surface area contributed by atoms with Crippen LogP contribution in [0.1, 0.15) is 47.4 Å². The molecular formula is C49H53ClF8N13O18PS4.